The first kappa shape index (κ1) is 7.59. The lowest BCUT2D eigenvalue weighted by molar-refractivity contribution is 0.335. The fraction of sp³-hybridized carbons (Fsp3) is 1.00. The van der Waals surface area contributed by atoms with E-state index in [0.29, 0.717) is 4.32 Å². The molecule has 9 heavy (non-hydrogen) atoms. The average molecular weight is 191 g/mol. The Balaban J connectivity index is 2.41. The molecule has 0 saturated heterocycles. The van der Waals surface area contributed by atoms with Crippen LogP contribution in [0.5, 0.6) is 0 Å². The van der Waals surface area contributed by atoms with Crippen molar-refractivity contribution in [2.75, 3.05) is 0 Å². The molecule has 0 N–H and O–H groups in total. The summed E-state index contributed by atoms with van der Waals surface area (Å²) in [6.07, 6.45) is 5.55. The third kappa shape index (κ3) is 2.29. The predicted octanol–water partition coefficient (Wildman–Crippen LogP) is 3.35. The molecule has 54 valence electrons. The molecule has 0 amide bonds. The summed E-state index contributed by atoms with van der Waals surface area (Å²) < 4.78 is 0.463. The van der Waals surface area contributed by atoms with E-state index < -0.39 is 0 Å². The van der Waals surface area contributed by atoms with Crippen molar-refractivity contribution in [1.29, 1.82) is 0 Å². The van der Waals surface area contributed by atoms with Gasteiger partial charge in [-0.3, -0.25) is 0 Å². The highest BCUT2D eigenvalue weighted by Crippen LogP contribution is 2.37. The molecule has 1 aliphatic carbocycles. The van der Waals surface area contributed by atoms with Crippen LogP contribution in [0.15, 0.2) is 0 Å². The Hall–Kier alpha value is 0.480. The maximum absolute atomic E-state index is 3.73. The topological polar surface area (TPSA) is 0 Å². The molecular formula is C8H15Br. The van der Waals surface area contributed by atoms with Gasteiger partial charge in [0.2, 0.25) is 0 Å². The summed E-state index contributed by atoms with van der Waals surface area (Å²) in [4.78, 5) is 0. The van der Waals surface area contributed by atoms with Crippen molar-refractivity contribution < 1.29 is 0 Å². The molecule has 0 aromatic heterocycles. The molecule has 2 unspecified atom stereocenters. The Morgan fingerprint density at radius 2 is 2.22 bits per heavy atom. The van der Waals surface area contributed by atoms with E-state index in [1.807, 2.05) is 0 Å². The van der Waals surface area contributed by atoms with Crippen molar-refractivity contribution in [3.8, 4) is 0 Å². The lowest BCUT2D eigenvalue weighted by Crippen LogP contribution is -2.23. The van der Waals surface area contributed by atoms with Gasteiger partial charge in [-0.15, -0.1) is 0 Å². The molecule has 1 rings (SSSR count). The molecule has 1 saturated carbocycles. The van der Waals surface area contributed by atoms with E-state index in [2.05, 4.69) is 29.8 Å². The van der Waals surface area contributed by atoms with Gasteiger partial charge in [-0.05, 0) is 25.7 Å². The highest BCUT2D eigenvalue weighted by Gasteiger charge is 2.26. The highest BCUT2D eigenvalue weighted by atomic mass is 79.9. The molecule has 1 heteroatoms. The number of halogens is 1. The first-order valence-electron chi connectivity index (χ1n) is 3.79. The van der Waals surface area contributed by atoms with Gasteiger partial charge in [-0.2, -0.15) is 0 Å². The smallest absolute Gasteiger partial charge is 0.0232 e. The summed E-state index contributed by atoms with van der Waals surface area (Å²) in [5.41, 5.74) is 0. The van der Waals surface area contributed by atoms with Crippen LogP contribution >= 0.6 is 15.9 Å². The van der Waals surface area contributed by atoms with E-state index in [9.17, 15) is 0 Å². The summed E-state index contributed by atoms with van der Waals surface area (Å²) in [7, 11) is 0. The molecule has 0 bridgehead atoms. The molecule has 0 heterocycles. The Morgan fingerprint density at radius 1 is 1.56 bits per heavy atom. The molecule has 0 nitrogen and oxygen atoms in total. The molecule has 0 spiro atoms. The van der Waals surface area contributed by atoms with Crippen LogP contribution in [-0.2, 0) is 0 Å². The fourth-order valence-corrected chi connectivity index (χ4v) is 2.58. The van der Waals surface area contributed by atoms with E-state index in [4.69, 9.17) is 0 Å². The third-order valence-corrected chi connectivity index (χ3v) is 2.89. The maximum atomic E-state index is 3.73. The van der Waals surface area contributed by atoms with Crippen molar-refractivity contribution in [2.45, 2.75) is 43.9 Å². The first-order chi connectivity index (χ1) is 4.10. The lowest BCUT2D eigenvalue weighted by Gasteiger charge is -2.31. The summed E-state index contributed by atoms with van der Waals surface area (Å²) in [6.45, 7) is 4.65. The van der Waals surface area contributed by atoms with Crippen LogP contribution in [0.4, 0.5) is 0 Å². The van der Waals surface area contributed by atoms with Crippen molar-refractivity contribution in [3.05, 3.63) is 0 Å². The van der Waals surface area contributed by atoms with E-state index >= 15 is 0 Å². The van der Waals surface area contributed by atoms with Gasteiger partial charge < -0.3 is 0 Å². The van der Waals surface area contributed by atoms with Gasteiger partial charge in [0.25, 0.3) is 0 Å². The number of rotatable bonds is 0. The SMILES string of the molecule is CC1CCCC(C)(Br)C1. The van der Waals surface area contributed by atoms with E-state index in [1.54, 1.807) is 0 Å². The molecule has 0 aliphatic heterocycles. The zero-order chi connectivity index (χ0) is 6.91. The van der Waals surface area contributed by atoms with Gasteiger partial charge in [-0.1, -0.05) is 35.7 Å². The molecular weight excluding hydrogens is 176 g/mol. The summed E-state index contributed by atoms with van der Waals surface area (Å²) in [5.74, 6) is 0.933. The molecule has 0 aromatic carbocycles. The van der Waals surface area contributed by atoms with Crippen LogP contribution in [0, 0.1) is 5.92 Å². The van der Waals surface area contributed by atoms with Gasteiger partial charge in [0.1, 0.15) is 0 Å². The zero-order valence-electron chi connectivity index (χ0n) is 6.28. The highest BCUT2D eigenvalue weighted by molar-refractivity contribution is 9.10. The Morgan fingerprint density at radius 3 is 2.56 bits per heavy atom. The van der Waals surface area contributed by atoms with Crippen LogP contribution in [0.2, 0.25) is 0 Å². The van der Waals surface area contributed by atoms with Gasteiger partial charge in [0, 0.05) is 4.32 Å². The molecule has 1 aliphatic rings. The minimum atomic E-state index is 0.463. The van der Waals surface area contributed by atoms with Gasteiger partial charge in [0.15, 0.2) is 0 Å². The number of hydrogen-bond acceptors (Lipinski definition) is 0. The van der Waals surface area contributed by atoms with E-state index in [0.717, 1.165) is 5.92 Å². The predicted molar refractivity (Wildman–Crippen MR) is 45.0 cm³/mol. The van der Waals surface area contributed by atoms with Crippen LogP contribution < -0.4 is 0 Å². The zero-order valence-corrected chi connectivity index (χ0v) is 7.87. The Bertz CT molecular complexity index is 96.7. The van der Waals surface area contributed by atoms with Crippen LogP contribution in [-0.4, -0.2) is 4.32 Å². The van der Waals surface area contributed by atoms with Gasteiger partial charge in [-0.25, -0.2) is 0 Å². The quantitative estimate of drug-likeness (QED) is 0.515. The lowest BCUT2D eigenvalue weighted by atomic mass is 9.83. The summed E-state index contributed by atoms with van der Waals surface area (Å²) in [5, 5.41) is 0. The minimum absolute atomic E-state index is 0.463. The second kappa shape index (κ2) is 2.61. The fourth-order valence-electron chi connectivity index (χ4n) is 1.75. The number of alkyl halides is 1. The Labute approximate surface area is 66.2 Å². The van der Waals surface area contributed by atoms with E-state index in [1.165, 1.54) is 25.7 Å². The molecule has 2 atom stereocenters. The maximum Gasteiger partial charge on any atom is 0.0232 e. The summed E-state index contributed by atoms with van der Waals surface area (Å²) >= 11 is 3.73. The molecule has 1 fully saturated rings. The van der Waals surface area contributed by atoms with Crippen molar-refractivity contribution in [2.24, 2.45) is 5.92 Å². The van der Waals surface area contributed by atoms with E-state index in [-0.39, 0.29) is 0 Å². The average Bonchev–Trinajstić information content (AvgIpc) is 1.60. The minimum Gasteiger partial charge on any atom is -0.0856 e. The second-order valence-corrected chi connectivity index (χ2v) is 5.53. The van der Waals surface area contributed by atoms with Crippen molar-refractivity contribution in [1.82, 2.24) is 0 Å². The molecule has 0 aromatic rings. The standard InChI is InChI=1S/C8H15Br/c1-7-4-3-5-8(2,9)6-7/h7H,3-6H2,1-2H3. The van der Waals surface area contributed by atoms with Crippen molar-refractivity contribution in [3.63, 3.8) is 0 Å². The first-order valence-corrected chi connectivity index (χ1v) is 4.58. The molecule has 0 radical (unpaired) electrons. The normalized spacial score (nSPS) is 45.0. The third-order valence-electron chi connectivity index (χ3n) is 2.17. The summed E-state index contributed by atoms with van der Waals surface area (Å²) in [6, 6.07) is 0. The van der Waals surface area contributed by atoms with Crippen LogP contribution in [0.1, 0.15) is 39.5 Å². The van der Waals surface area contributed by atoms with Crippen LogP contribution in [0.3, 0.4) is 0 Å². The van der Waals surface area contributed by atoms with Gasteiger partial charge in [0.05, 0.1) is 0 Å². The van der Waals surface area contributed by atoms with Crippen molar-refractivity contribution >= 4 is 15.9 Å². The van der Waals surface area contributed by atoms with Gasteiger partial charge >= 0.3 is 0 Å². The second-order valence-electron chi connectivity index (χ2n) is 3.61. The van der Waals surface area contributed by atoms with Crippen LogP contribution in [0.25, 0.3) is 0 Å². The largest absolute Gasteiger partial charge is 0.0856 e. The Kier molecular flexibility index (Phi) is 2.20. The number of hydrogen-bond donors (Lipinski definition) is 0. The monoisotopic (exact) mass is 190 g/mol.